The summed E-state index contributed by atoms with van der Waals surface area (Å²) in [4.78, 5) is 55.1. The average Bonchev–Trinajstić information content (AvgIpc) is 3.17. The van der Waals surface area contributed by atoms with Crippen molar-refractivity contribution in [2.45, 2.75) is 26.9 Å². The number of hydrogen-bond donors (Lipinski definition) is 3. The van der Waals surface area contributed by atoms with Crippen LogP contribution in [-0.4, -0.2) is 22.8 Å². The molecule has 1 unspecified atom stereocenters. The number of benzene rings is 2. The van der Waals surface area contributed by atoms with Crippen LogP contribution in [0.5, 0.6) is 0 Å². The van der Waals surface area contributed by atoms with Crippen LogP contribution in [0.3, 0.4) is 0 Å². The first-order chi connectivity index (χ1) is 17.2. The van der Waals surface area contributed by atoms with Gasteiger partial charge in [0.2, 0.25) is 0 Å². The van der Waals surface area contributed by atoms with Crippen LogP contribution < -0.4 is 26.8 Å². The van der Waals surface area contributed by atoms with Gasteiger partial charge in [-0.25, -0.2) is 0 Å². The van der Waals surface area contributed by atoms with Crippen molar-refractivity contribution in [1.82, 2.24) is 10.3 Å². The summed E-state index contributed by atoms with van der Waals surface area (Å²) < 4.78 is 0. The van der Waals surface area contributed by atoms with E-state index < -0.39 is 28.3 Å². The first-order valence-electron chi connectivity index (χ1n) is 11.5. The molecule has 5 rings (SSSR count). The van der Waals surface area contributed by atoms with Crippen LogP contribution in [0, 0.1) is 5.41 Å². The highest BCUT2D eigenvalue weighted by Gasteiger charge is 2.34. The molecule has 1 aliphatic rings. The van der Waals surface area contributed by atoms with Crippen molar-refractivity contribution in [2.24, 2.45) is 5.41 Å². The molecule has 1 atom stereocenters. The van der Waals surface area contributed by atoms with Crippen molar-refractivity contribution < 1.29 is 9.59 Å². The molecule has 0 saturated heterocycles. The van der Waals surface area contributed by atoms with E-state index in [0.29, 0.717) is 33.5 Å². The zero-order valence-corrected chi connectivity index (χ0v) is 20.0. The predicted octanol–water partition coefficient (Wildman–Crippen LogP) is 3.85. The zero-order valence-electron chi connectivity index (χ0n) is 20.0. The Morgan fingerprint density at radius 2 is 1.53 bits per heavy atom. The summed E-state index contributed by atoms with van der Waals surface area (Å²) in [6.45, 7) is 5.71. The predicted molar refractivity (Wildman–Crippen MR) is 139 cm³/mol. The number of nitrogens with zero attached hydrogens (tertiary/aromatic N) is 1. The first kappa shape index (κ1) is 23.2. The topological polar surface area (TPSA) is 117 Å². The third-order valence-corrected chi connectivity index (χ3v) is 6.27. The fraction of sp³-hybridized carbons (Fsp3) is 0.179. The number of ketones is 1. The summed E-state index contributed by atoms with van der Waals surface area (Å²) in [5.74, 6) is -0.514. The van der Waals surface area contributed by atoms with Gasteiger partial charge in [0, 0.05) is 33.9 Å². The van der Waals surface area contributed by atoms with Crippen molar-refractivity contribution in [1.29, 1.82) is 0 Å². The molecule has 1 amide bonds. The Hall–Kier alpha value is -4.59. The lowest BCUT2D eigenvalue weighted by atomic mass is 9.91. The minimum Gasteiger partial charge on any atom is -0.360 e. The number of carbonyl (C=O) groups excluding carboxylic acids is 2. The molecular weight excluding hydrogens is 456 g/mol. The quantitative estimate of drug-likeness (QED) is 0.250. The molecule has 1 aromatic heterocycles. The number of rotatable bonds is 6. The van der Waals surface area contributed by atoms with Crippen molar-refractivity contribution in [3.63, 3.8) is 0 Å². The van der Waals surface area contributed by atoms with Gasteiger partial charge in [-0.3, -0.25) is 24.2 Å². The maximum atomic E-state index is 13.5. The number of anilines is 3. The molecule has 0 fully saturated rings. The molecule has 3 aromatic carbocycles. The molecule has 0 radical (unpaired) electrons. The normalized spacial score (nSPS) is 13.1. The molecule has 180 valence electrons. The first-order valence-corrected chi connectivity index (χ1v) is 11.5. The van der Waals surface area contributed by atoms with Gasteiger partial charge < -0.3 is 16.0 Å². The van der Waals surface area contributed by atoms with E-state index in [-0.39, 0.29) is 17.2 Å². The van der Waals surface area contributed by atoms with Crippen molar-refractivity contribution >= 4 is 28.8 Å². The molecule has 1 heterocycles. The molecule has 0 bridgehead atoms. The van der Waals surface area contributed by atoms with Gasteiger partial charge in [0.1, 0.15) is 17.5 Å². The Bertz CT molecular complexity index is 1580. The molecule has 1 aliphatic carbocycles. The highest BCUT2D eigenvalue weighted by Crippen LogP contribution is 2.39. The van der Waals surface area contributed by atoms with Crippen molar-refractivity contribution in [3.05, 3.63) is 104 Å². The monoisotopic (exact) mass is 480 g/mol. The van der Waals surface area contributed by atoms with E-state index in [9.17, 15) is 19.2 Å². The second-order valence-corrected chi connectivity index (χ2v) is 9.79. The number of nitrogens with one attached hydrogen (secondary N) is 3. The standard InChI is InChI=1S/C28H24N4O4/c1-28(2,3)27(31-22-21(24(34)25(22)35)30-15-8-7-13-29-14-15)32-26(36)19-12-6-11-18-20(19)16-9-4-5-10-17(16)23(18)33/h4-14,27,30-31H,1-3H3,(H,32,36). The number of carbonyl (C=O) groups is 2. The van der Waals surface area contributed by atoms with Crippen LogP contribution in [0.2, 0.25) is 0 Å². The highest BCUT2D eigenvalue weighted by molar-refractivity contribution is 6.24. The van der Waals surface area contributed by atoms with Crippen LogP contribution in [-0.2, 0) is 0 Å². The molecule has 8 nitrogen and oxygen atoms in total. The third-order valence-electron chi connectivity index (χ3n) is 6.27. The molecule has 0 saturated carbocycles. The molecule has 4 aromatic rings. The second kappa shape index (κ2) is 8.57. The fourth-order valence-electron chi connectivity index (χ4n) is 4.32. The van der Waals surface area contributed by atoms with Crippen LogP contribution in [0.25, 0.3) is 11.1 Å². The maximum Gasteiger partial charge on any atom is 0.253 e. The smallest absolute Gasteiger partial charge is 0.253 e. The van der Waals surface area contributed by atoms with Gasteiger partial charge >= 0.3 is 0 Å². The Kier molecular flexibility index (Phi) is 5.51. The fourth-order valence-corrected chi connectivity index (χ4v) is 4.32. The van der Waals surface area contributed by atoms with E-state index in [1.807, 2.05) is 32.9 Å². The van der Waals surface area contributed by atoms with E-state index in [4.69, 9.17) is 0 Å². The lowest BCUT2D eigenvalue weighted by Crippen LogP contribution is -2.51. The summed E-state index contributed by atoms with van der Waals surface area (Å²) in [6, 6.07) is 15.7. The number of hydrogen-bond acceptors (Lipinski definition) is 7. The van der Waals surface area contributed by atoms with E-state index >= 15 is 0 Å². The number of fused-ring (bicyclic) bond motifs is 3. The summed E-state index contributed by atoms with van der Waals surface area (Å²) in [7, 11) is 0. The van der Waals surface area contributed by atoms with Crippen molar-refractivity contribution in [3.8, 4) is 11.1 Å². The van der Waals surface area contributed by atoms with Gasteiger partial charge in [-0.15, -0.1) is 0 Å². The van der Waals surface area contributed by atoms with Gasteiger partial charge in [0.25, 0.3) is 16.8 Å². The number of amides is 1. The van der Waals surface area contributed by atoms with Gasteiger partial charge in [-0.05, 0) is 23.8 Å². The summed E-state index contributed by atoms with van der Waals surface area (Å²) >= 11 is 0. The van der Waals surface area contributed by atoms with Crippen LogP contribution in [0.4, 0.5) is 17.1 Å². The Labute approximate surface area is 207 Å². The Balaban J connectivity index is 1.45. The third kappa shape index (κ3) is 3.86. The molecule has 8 heteroatoms. The summed E-state index contributed by atoms with van der Waals surface area (Å²) in [5.41, 5.74) is 1.66. The van der Waals surface area contributed by atoms with Crippen LogP contribution in [0.1, 0.15) is 47.1 Å². The molecule has 0 spiro atoms. The minimum absolute atomic E-state index is 0.0999. The number of pyridine rings is 1. The van der Waals surface area contributed by atoms with Crippen LogP contribution >= 0.6 is 0 Å². The molecular formula is C28H24N4O4. The van der Waals surface area contributed by atoms with Crippen LogP contribution in [0.15, 0.2) is 76.6 Å². The molecule has 3 N–H and O–H groups in total. The minimum atomic E-state index is -0.703. The Morgan fingerprint density at radius 3 is 2.22 bits per heavy atom. The Morgan fingerprint density at radius 1 is 0.833 bits per heavy atom. The lowest BCUT2D eigenvalue weighted by Gasteiger charge is -2.34. The zero-order chi connectivity index (χ0) is 25.6. The summed E-state index contributed by atoms with van der Waals surface area (Å²) in [6.07, 6.45) is 2.44. The van der Waals surface area contributed by atoms with E-state index in [0.717, 1.165) is 0 Å². The average molecular weight is 481 g/mol. The second-order valence-electron chi connectivity index (χ2n) is 9.79. The SMILES string of the molecule is CC(C)(C)C(NC(=O)c1cccc2c1-c1ccccc1C2=O)Nc1c(Nc2cccnc2)c(=O)c1=O. The highest BCUT2D eigenvalue weighted by atomic mass is 16.2. The van der Waals surface area contributed by atoms with Gasteiger partial charge in [0.15, 0.2) is 5.78 Å². The van der Waals surface area contributed by atoms with Gasteiger partial charge in [-0.2, -0.15) is 0 Å². The molecule has 0 aliphatic heterocycles. The largest absolute Gasteiger partial charge is 0.360 e. The van der Waals surface area contributed by atoms with Gasteiger partial charge in [-0.1, -0.05) is 57.2 Å². The molecule has 36 heavy (non-hydrogen) atoms. The van der Waals surface area contributed by atoms with E-state index in [2.05, 4.69) is 20.9 Å². The summed E-state index contributed by atoms with van der Waals surface area (Å²) in [5, 5.41) is 8.97. The van der Waals surface area contributed by atoms with E-state index in [1.54, 1.807) is 54.9 Å². The van der Waals surface area contributed by atoms with Crippen molar-refractivity contribution in [2.75, 3.05) is 10.6 Å². The number of aromatic nitrogens is 1. The maximum absolute atomic E-state index is 13.5. The van der Waals surface area contributed by atoms with E-state index in [1.165, 1.54) is 0 Å². The van der Waals surface area contributed by atoms with Gasteiger partial charge in [0.05, 0.1) is 11.9 Å². The lowest BCUT2D eigenvalue weighted by molar-refractivity contribution is 0.0914.